The first-order valence-electron chi connectivity index (χ1n) is 7.70. The predicted octanol–water partition coefficient (Wildman–Crippen LogP) is 1.59. The highest BCUT2D eigenvalue weighted by Gasteiger charge is 2.34. The molecule has 7 heteroatoms. The van der Waals surface area contributed by atoms with E-state index in [0.29, 0.717) is 18.0 Å². The standard InChI is InChI=1S/C17H19N3O4/c1-23-13-6-3-11(15(9-13)24-2)10-20(12-4-5-12)17(22)14-7-8-16(21)19-18-14/h3,6-9,12H,4-5,10H2,1-2H3,(H,19,21). The van der Waals surface area contributed by atoms with E-state index >= 15 is 0 Å². The second-order valence-corrected chi connectivity index (χ2v) is 5.65. The molecule has 1 N–H and O–H groups in total. The van der Waals surface area contributed by atoms with Crippen molar-refractivity contribution in [1.29, 1.82) is 0 Å². The molecule has 1 aromatic carbocycles. The zero-order valence-electron chi connectivity index (χ0n) is 13.6. The summed E-state index contributed by atoms with van der Waals surface area (Å²) in [6.45, 7) is 0.414. The van der Waals surface area contributed by atoms with E-state index in [1.165, 1.54) is 12.1 Å². The van der Waals surface area contributed by atoms with Crippen LogP contribution in [-0.4, -0.2) is 41.3 Å². The van der Waals surface area contributed by atoms with Crippen molar-refractivity contribution in [3.05, 3.63) is 51.9 Å². The third kappa shape index (κ3) is 3.40. The molecule has 0 bridgehead atoms. The van der Waals surface area contributed by atoms with Crippen LogP contribution in [-0.2, 0) is 6.54 Å². The zero-order valence-corrected chi connectivity index (χ0v) is 13.6. The number of hydrogen-bond acceptors (Lipinski definition) is 5. The summed E-state index contributed by atoms with van der Waals surface area (Å²) in [5.74, 6) is 1.16. The van der Waals surface area contributed by atoms with Crippen LogP contribution in [0.4, 0.5) is 0 Å². The lowest BCUT2D eigenvalue weighted by molar-refractivity contribution is 0.0721. The lowest BCUT2D eigenvalue weighted by atomic mass is 10.1. The number of ether oxygens (including phenoxy) is 2. The Hall–Kier alpha value is -2.83. The van der Waals surface area contributed by atoms with Crippen LogP contribution in [0.15, 0.2) is 35.1 Å². The maximum absolute atomic E-state index is 12.7. The van der Waals surface area contributed by atoms with Crippen molar-refractivity contribution >= 4 is 5.91 Å². The number of nitrogens with zero attached hydrogens (tertiary/aromatic N) is 2. The SMILES string of the molecule is COc1ccc(CN(C(=O)c2ccc(=O)[nH]n2)C2CC2)c(OC)c1. The number of methoxy groups -OCH3 is 2. The van der Waals surface area contributed by atoms with E-state index < -0.39 is 0 Å². The minimum absolute atomic E-state index is 0.193. The fourth-order valence-corrected chi connectivity index (χ4v) is 2.53. The molecule has 1 aliphatic carbocycles. The Morgan fingerprint density at radius 1 is 1.25 bits per heavy atom. The van der Waals surface area contributed by atoms with Gasteiger partial charge in [-0.25, -0.2) is 5.10 Å². The van der Waals surface area contributed by atoms with Crippen LogP contribution in [0.2, 0.25) is 0 Å². The molecule has 0 radical (unpaired) electrons. The molecule has 1 amide bonds. The Morgan fingerprint density at radius 3 is 2.62 bits per heavy atom. The second kappa shape index (κ2) is 6.74. The number of benzene rings is 1. The topological polar surface area (TPSA) is 84.5 Å². The van der Waals surface area contributed by atoms with Crippen LogP contribution >= 0.6 is 0 Å². The normalized spacial score (nSPS) is 13.4. The fraction of sp³-hybridized carbons (Fsp3) is 0.353. The van der Waals surface area contributed by atoms with Gasteiger partial charge in [0.25, 0.3) is 11.5 Å². The van der Waals surface area contributed by atoms with Crippen LogP contribution < -0.4 is 15.0 Å². The maximum atomic E-state index is 12.7. The number of amides is 1. The summed E-state index contributed by atoms with van der Waals surface area (Å²) in [6.07, 6.45) is 1.93. The summed E-state index contributed by atoms with van der Waals surface area (Å²) in [7, 11) is 3.18. The molecule has 1 fully saturated rings. The monoisotopic (exact) mass is 329 g/mol. The molecule has 3 rings (SSSR count). The molecule has 0 aliphatic heterocycles. The smallest absolute Gasteiger partial charge is 0.274 e. The number of H-pyrrole nitrogens is 1. The van der Waals surface area contributed by atoms with Crippen LogP contribution in [0.1, 0.15) is 28.9 Å². The molecule has 1 heterocycles. The van der Waals surface area contributed by atoms with Crippen molar-refractivity contribution in [3.8, 4) is 11.5 Å². The molecule has 7 nitrogen and oxygen atoms in total. The highest BCUT2D eigenvalue weighted by atomic mass is 16.5. The van der Waals surface area contributed by atoms with E-state index in [1.807, 2.05) is 12.1 Å². The number of carbonyl (C=O) groups excluding carboxylic acids is 1. The summed E-state index contributed by atoms with van der Waals surface area (Å²) in [5, 5.41) is 6.14. The summed E-state index contributed by atoms with van der Waals surface area (Å²) >= 11 is 0. The summed E-state index contributed by atoms with van der Waals surface area (Å²) < 4.78 is 10.6. The molecule has 0 spiro atoms. The Morgan fingerprint density at radius 2 is 2.04 bits per heavy atom. The van der Waals surface area contributed by atoms with Gasteiger partial charge in [0.2, 0.25) is 0 Å². The summed E-state index contributed by atoms with van der Waals surface area (Å²) in [5.41, 5.74) is 0.790. The molecule has 1 aromatic heterocycles. The van der Waals surface area contributed by atoms with Crippen LogP contribution in [0.5, 0.6) is 11.5 Å². The van der Waals surface area contributed by atoms with Gasteiger partial charge >= 0.3 is 0 Å². The average molecular weight is 329 g/mol. The Kier molecular flexibility index (Phi) is 4.50. The van der Waals surface area contributed by atoms with Crippen molar-refractivity contribution in [2.75, 3.05) is 14.2 Å². The highest BCUT2D eigenvalue weighted by molar-refractivity contribution is 5.92. The average Bonchev–Trinajstić information content (AvgIpc) is 3.44. The number of aromatic nitrogens is 2. The van der Waals surface area contributed by atoms with Crippen LogP contribution in [0, 0.1) is 0 Å². The number of hydrogen-bond donors (Lipinski definition) is 1. The van der Waals surface area contributed by atoms with E-state index in [9.17, 15) is 9.59 Å². The largest absolute Gasteiger partial charge is 0.497 e. The number of rotatable bonds is 6. The van der Waals surface area contributed by atoms with Crippen molar-refractivity contribution < 1.29 is 14.3 Å². The van der Waals surface area contributed by atoms with Gasteiger partial charge in [-0.1, -0.05) is 0 Å². The van der Waals surface area contributed by atoms with Crippen LogP contribution in [0.3, 0.4) is 0 Å². The molecule has 126 valence electrons. The number of aromatic amines is 1. The van der Waals surface area contributed by atoms with Gasteiger partial charge in [-0.3, -0.25) is 9.59 Å². The first-order valence-corrected chi connectivity index (χ1v) is 7.70. The fourth-order valence-electron chi connectivity index (χ4n) is 2.53. The Bertz CT molecular complexity index is 778. The van der Waals surface area contributed by atoms with Crippen LogP contribution in [0.25, 0.3) is 0 Å². The van der Waals surface area contributed by atoms with E-state index in [-0.39, 0.29) is 23.2 Å². The molecule has 1 aliphatic rings. The summed E-state index contributed by atoms with van der Waals surface area (Å²) in [6, 6.07) is 8.47. The molecule has 0 saturated heterocycles. The van der Waals surface area contributed by atoms with Gasteiger partial charge in [-0.15, -0.1) is 0 Å². The van der Waals surface area contributed by atoms with Gasteiger partial charge in [-0.2, -0.15) is 5.10 Å². The minimum atomic E-state index is -0.332. The number of nitrogens with one attached hydrogen (secondary N) is 1. The predicted molar refractivity (Wildman–Crippen MR) is 87.3 cm³/mol. The number of carbonyl (C=O) groups is 1. The maximum Gasteiger partial charge on any atom is 0.274 e. The van der Waals surface area contributed by atoms with E-state index in [1.54, 1.807) is 25.2 Å². The van der Waals surface area contributed by atoms with E-state index in [0.717, 1.165) is 18.4 Å². The van der Waals surface area contributed by atoms with Gasteiger partial charge in [0.15, 0.2) is 0 Å². The van der Waals surface area contributed by atoms with Gasteiger partial charge in [0.1, 0.15) is 17.2 Å². The molecular formula is C17H19N3O4. The first-order chi connectivity index (χ1) is 11.6. The molecule has 24 heavy (non-hydrogen) atoms. The highest BCUT2D eigenvalue weighted by Crippen LogP contribution is 2.32. The van der Waals surface area contributed by atoms with Crippen molar-refractivity contribution in [2.45, 2.75) is 25.4 Å². The van der Waals surface area contributed by atoms with Gasteiger partial charge in [0, 0.05) is 30.3 Å². The van der Waals surface area contributed by atoms with Crippen molar-refractivity contribution in [1.82, 2.24) is 15.1 Å². The minimum Gasteiger partial charge on any atom is -0.497 e. The lowest BCUT2D eigenvalue weighted by Gasteiger charge is -2.23. The molecule has 0 atom stereocenters. The van der Waals surface area contributed by atoms with Gasteiger partial charge in [-0.05, 0) is 31.0 Å². The second-order valence-electron chi connectivity index (χ2n) is 5.65. The van der Waals surface area contributed by atoms with E-state index in [4.69, 9.17) is 9.47 Å². The Labute approximate surface area is 139 Å². The molecule has 1 saturated carbocycles. The lowest BCUT2D eigenvalue weighted by Crippen LogP contribution is -2.34. The quantitative estimate of drug-likeness (QED) is 0.870. The van der Waals surface area contributed by atoms with Gasteiger partial charge in [0.05, 0.1) is 14.2 Å². The third-order valence-electron chi connectivity index (χ3n) is 3.98. The van der Waals surface area contributed by atoms with Crippen molar-refractivity contribution in [3.63, 3.8) is 0 Å². The first kappa shape index (κ1) is 16.0. The summed E-state index contributed by atoms with van der Waals surface area (Å²) in [4.78, 5) is 25.6. The Balaban J connectivity index is 1.86. The zero-order chi connectivity index (χ0) is 17.1. The van der Waals surface area contributed by atoms with Crippen molar-refractivity contribution in [2.24, 2.45) is 0 Å². The molecular weight excluding hydrogens is 310 g/mol. The molecule has 0 unspecified atom stereocenters. The van der Waals surface area contributed by atoms with E-state index in [2.05, 4.69) is 10.2 Å². The molecule has 2 aromatic rings. The van der Waals surface area contributed by atoms with Gasteiger partial charge < -0.3 is 14.4 Å². The third-order valence-corrected chi connectivity index (χ3v) is 3.98.